The summed E-state index contributed by atoms with van der Waals surface area (Å²) in [7, 11) is 0. The number of amides is 2. The molecule has 1 aromatic carbocycles. The fourth-order valence-electron chi connectivity index (χ4n) is 2.83. The van der Waals surface area contributed by atoms with E-state index < -0.39 is 23.8 Å². The minimum absolute atomic E-state index is 0.0577. The molecule has 25 heavy (non-hydrogen) atoms. The highest BCUT2D eigenvalue weighted by Crippen LogP contribution is 2.40. The molecule has 8 heteroatoms. The van der Waals surface area contributed by atoms with Gasteiger partial charge >= 0.3 is 5.97 Å². The molecule has 2 aliphatic heterocycles. The molecule has 2 atom stereocenters. The van der Waals surface area contributed by atoms with E-state index in [2.05, 4.69) is 5.32 Å². The van der Waals surface area contributed by atoms with Crippen molar-refractivity contribution in [3.8, 4) is 5.75 Å². The fraction of sp³-hybridized carbons (Fsp3) is 0.353. The number of hydrogen-bond donors (Lipinski definition) is 2. The summed E-state index contributed by atoms with van der Waals surface area (Å²) >= 11 is 1.46. The molecule has 1 fully saturated rings. The number of carbonyl (C=O) groups is 3. The second-order valence-electron chi connectivity index (χ2n) is 5.67. The average molecular weight is 362 g/mol. The maximum Gasteiger partial charge on any atom is 0.352 e. The Labute approximate surface area is 149 Å². The number of carboxylic acid groups (broad SMARTS) is 1. The van der Waals surface area contributed by atoms with Gasteiger partial charge in [-0.25, -0.2) is 4.79 Å². The summed E-state index contributed by atoms with van der Waals surface area (Å²) in [4.78, 5) is 37.1. The van der Waals surface area contributed by atoms with Crippen molar-refractivity contribution in [1.82, 2.24) is 10.2 Å². The topological polar surface area (TPSA) is 95.9 Å². The van der Waals surface area contributed by atoms with E-state index in [1.54, 1.807) is 24.3 Å². The molecule has 2 N–H and O–H groups in total. The van der Waals surface area contributed by atoms with E-state index in [4.69, 9.17) is 4.74 Å². The maximum absolute atomic E-state index is 12.3. The number of carbonyl (C=O) groups excluding carboxylic acids is 2. The quantitative estimate of drug-likeness (QED) is 0.739. The number of aliphatic carboxylic acids is 1. The van der Waals surface area contributed by atoms with Crippen molar-refractivity contribution >= 4 is 29.5 Å². The van der Waals surface area contributed by atoms with Gasteiger partial charge in [0.2, 0.25) is 0 Å². The van der Waals surface area contributed by atoms with Crippen LogP contribution in [0.25, 0.3) is 0 Å². The predicted molar refractivity (Wildman–Crippen MR) is 91.9 cm³/mol. The number of carboxylic acids is 1. The van der Waals surface area contributed by atoms with Gasteiger partial charge in [-0.05, 0) is 24.1 Å². The van der Waals surface area contributed by atoms with Crippen LogP contribution in [0, 0.1) is 0 Å². The number of benzene rings is 1. The lowest BCUT2D eigenvalue weighted by Gasteiger charge is -2.49. The van der Waals surface area contributed by atoms with E-state index in [-0.39, 0.29) is 17.7 Å². The largest absolute Gasteiger partial charge is 0.484 e. The molecule has 0 saturated carbocycles. The summed E-state index contributed by atoms with van der Waals surface area (Å²) in [6, 6.07) is 8.18. The van der Waals surface area contributed by atoms with E-state index in [1.807, 2.05) is 13.0 Å². The molecule has 0 aromatic heterocycles. The molecular weight excluding hydrogens is 344 g/mol. The second kappa shape index (κ2) is 7.18. The fourth-order valence-corrected chi connectivity index (χ4v) is 4.28. The smallest absolute Gasteiger partial charge is 0.352 e. The minimum Gasteiger partial charge on any atom is -0.484 e. The van der Waals surface area contributed by atoms with Gasteiger partial charge in [0.05, 0.1) is 0 Å². The van der Waals surface area contributed by atoms with Crippen molar-refractivity contribution in [1.29, 1.82) is 0 Å². The van der Waals surface area contributed by atoms with Gasteiger partial charge in [0, 0.05) is 5.75 Å². The monoisotopic (exact) mass is 362 g/mol. The Morgan fingerprint density at radius 3 is 2.72 bits per heavy atom. The van der Waals surface area contributed by atoms with Gasteiger partial charge in [0.25, 0.3) is 11.8 Å². The first-order valence-electron chi connectivity index (χ1n) is 7.90. The summed E-state index contributed by atoms with van der Waals surface area (Å²) in [6.45, 7) is 1.66. The van der Waals surface area contributed by atoms with Crippen LogP contribution in [0.4, 0.5) is 0 Å². The molecule has 7 nitrogen and oxygen atoms in total. The van der Waals surface area contributed by atoms with Crippen molar-refractivity contribution in [2.45, 2.75) is 24.8 Å². The number of fused-ring (bicyclic) bond motifs is 1. The lowest BCUT2D eigenvalue weighted by molar-refractivity contribution is -0.151. The van der Waals surface area contributed by atoms with E-state index in [9.17, 15) is 19.5 Å². The molecule has 1 unspecified atom stereocenters. The standard InChI is InChI=1S/C17H18N2O5S/c1-2-10-9-25-16-13(15(21)19(16)14(10)17(22)23)18-12(20)8-24-11-6-4-3-5-7-11/h3-7,13,16H,2,8-9H2,1H3,(H,18,20)(H,22,23)/t13?,16-/m1/s1. The number of hydrogen-bond acceptors (Lipinski definition) is 5. The molecular formula is C17H18N2O5S. The lowest BCUT2D eigenvalue weighted by Crippen LogP contribution is -2.70. The summed E-state index contributed by atoms with van der Waals surface area (Å²) in [5.41, 5.74) is 0.793. The van der Waals surface area contributed by atoms with Crippen LogP contribution in [0.5, 0.6) is 5.75 Å². The number of nitrogens with one attached hydrogen (secondary N) is 1. The second-order valence-corrected chi connectivity index (χ2v) is 6.77. The van der Waals surface area contributed by atoms with Crippen LogP contribution in [-0.4, -0.2) is 51.6 Å². The summed E-state index contributed by atoms with van der Waals surface area (Å²) in [5, 5.41) is 11.6. The molecule has 1 aromatic rings. The third kappa shape index (κ3) is 3.34. The van der Waals surface area contributed by atoms with Crippen molar-refractivity contribution in [3.05, 3.63) is 41.6 Å². The van der Waals surface area contributed by atoms with Crippen LogP contribution in [-0.2, 0) is 14.4 Å². The normalized spacial score (nSPS) is 22.1. The number of nitrogens with zero attached hydrogens (tertiary/aromatic N) is 1. The van der Waals surface area contributed by atoms with Crippen molar-refractivity contribution in [3.63, 3.8) is 0 Å². The molecule has 2 amide bonds. The van der Waals surface area contributed by atoms with E-state index in [1.165, 1.54) is 16.7 Å². The first-order chi connectivity index (χ1) is 12.0. The van der Waals surface area contributed by atoms with Gasteiger partial charge < -0.3 is 15.2 Å². The van der Waals surface area contributed by atoms with E-state index in [0.29, 0.717) is 17.9 Å². The third-order valence-corrected chi connectivity index (χ3v) is 5.45. The molecule has 2 heterocycles. The molecule has 2 aliphatic rings. The van der Waals surface area contributed by atoms with E-state index >= 15 is 0 Å². The summed E-state index contributed by atoms with van der Waals surface area (Å²) < 4.78 is 5.36. The van der Waals surface area contributed by atoms with Gasteiger partial charge in [0.1, 0.15) is 22.9 Å². The van der Waals surface area contributed by atoms with Crippen molar-refractivity contribution < 1.29 is 24.2 Å². The highest BCUT2D eigenvalue weighted by molar-refractivity contribution is 8.00. The Morgan fingerprint density at radius 2 is 2.08 bits per heavy atom. The zero-order valence-electron chi connectivity index (χ0n) is 13.6. The lowest BCUT2D eigenvalue weighted by atomic mass is 10.0. The number of β-lactam (4-membered cyclic amide) rings is 1. The van der Waals surface area contributed by atoms with Crippen molar-refractivity contribution in [2.75, 3.05) is 12.4 Å². The first kappa shape index (κ1) is 17.3. The minimum atomic E-state index is -1.10. The summed E-state index contributed by atoms with van der Waals surface area (Å²) in [6.07, 6.45) is 0.576. The van der Waals surface area contributed by atoms with E-state index in [0.717, 1.165) is 5.57 Å². The Morgan fingerprint density at radius 1 is 1.36 bits per heavy atom. The summed E-state index contributed by atoms with van der Waals surface area (Å²) in [5.74, 6) is -0.805. The maximum atomic E-state index is 12.3. The van der Waals surface area contributed by atoms with Gasteiger partial charge in [-0.2, -0.15) is 0 Å². The molecule has 0 aliphatic carbocycles. The molecule has 3 rings (SSSR count). The predicted octanol–water partition coefficient (Wildman–Crippen LogP) is 1.21. The van der Waals surface area contributed by atoms with Gasteiger partial charge in [-0.1, -0.05) is 25.1 Å². The van der Waals surface area contributed by atoms with Crippen LogP contribution in [0.15, 0.2) is 41.6 Å². The third-order valence-electron chi connectivity index (χ3n) is 4.11. The Balaban J connectivity index is 1.61. The van der Waals surface area contributed by atoms with Gasteiger partial charge in [-0.15, -0.1) is 11.8 Å². The Hall–Kier alpha value is -2.48. The number of ether oxygens (including phenoxy) is 1. The number of rotatable bonds is 6. The van der Waals surface area contributed by atoms with Gasteiger partial charge in [0.15, 0.2) is 6.61 Å². The Kier molecular flexibility index (Phi) is 4.98. The van der Waals surface area contributed by atoms with Gasteiger partial charge in [-0.3, -0.25) is 14.5 Å². The molecule has 132 valence electrons. The number of para-hydroxylation sites is 1. The van der Waals surface area contributed by atoms with Crippen LogP contribution >= 0.6 is 11.8 Å². The molecule has 0 bridgehead atoms. The Bertz CT molecular complexity index is 734. The first-order valence-corrected chi connectivity index (χ1v) is 8.95. The highest BCUT2D eigenvalue weighted by Gasteiger charge is 2.53. The van der Waals surface area contributed by atoms with Crippen LogP contribution < -0.4 is 10.1 Å². The molecule has 1 saturated heterocycles. The number of thioether (sulfide) groups is 1. The zero-order valence-corrected chi connectivity index (χ0v) is 14.4. The van der Waals surface area contributed by atoms with Crippen LogP contribution in [0.1, 0.15) is 13.3 Å². The zero-order chi connectivity index (χ0) is 18.0. The van der Waals surface area contributed by atoms with Crippen LogP contribution in [0.2, 0.25) is 0 Å². The average Bonchev–Trinajstić information content (AvgIpc) is 2.63. The SMILES string of the molecule is CCC1=C(C(=O)O)N2C(=O)C(NC(=O)COc3ccccc3)[C@H]2SC1. The highest BCUT2D eigenvalue weighted by atomic mass is 32.2. The van der Waals surface area contributed by atoms with Crippen molar-refractivity contribution in [2.24, 2.45) is 0 Å². The molecule has 0 spiro atoms. The molecule has 0 radical (unpaired) electrons. The van der Waals surface area contributed by atoms with Crippen LogP contribution in [0.3, 0.4) is 0 Å².